The van der Waals surface area contributed by atoms with Gasteiger partial charge in [-0.25, -0.2) is 4.79 Å². The van der Waals surface area contributed by atoms with Crippen LogP contribution in [0.5, 0.6) is 5.75 Å². The van der Waals surface area contributed by atoms with E-state index in [0.29, 0.717) is 5.58 Å². The van der Waals surface area contributed by atoms with Gasteiger partial charge in [-0.05, 0) is 67.7 Å². The lowest BCUT2D eigenvalue weighted by Crippen LogP contribution is -2.41. The molecule has 0 amide bonds. The van der Waals surface area contributed by atoms with Crippen LogP contribution in [0.2, 0.25) is 18.1 Å². The minimum atomic E-state index is -1.84. The Morgan fingerprint density at radius 1 is 0.935 bits per heavy atom. The molecule has 0 unspecified atom stereocenters. The monoisotopic (exact) mass is 437 g/mol. The molecule has 0 atom stereocenters. The minimum Gasteiger partial charge on any atom is -0.543 e. The summed E-state index contributed by atoms with van der Waals surface area (Å²) in [5.74, 6) is 0.843. The van der Waals surface area contributed by atoms with Crippen molar-refractivity contribution in [2.45, 2.75) is 77.9 Å². The van der Waals surface area contributed by atoms with Crippen LogP contribution >= 0.6 is 0 Å². The van der Waals surface area contributed by atoms with Gasteiger partial charge in [-0.15, -0.1) is 0 Å². The summed E-state index contributed by atoms with van der Waals surface area (Å²) in [5, 5.41) is 0.980. The molecule has 2 aromatic heterocycles. The van der Waals surface area contributed by atoms with Gasteiger partial charge in [-0.1, -0.05) is 46.1 Å². The fourth-order valence-electron chi connectivity index (χ4n) is 4.63. The first kappa shape index (κ1) is 23.3. The standard InChI is InChI=1S/C26H35NO3Si/c1-5-15-31(16-6-2,17-7-3)30-23-13-14-24-21(18-26(28)29-25(24)19-23)11-12-22-10-8-9-20(4)27-22/h8-10,13-14,18-19H,5-7,11-12,15-17H2,1-4H3. The first-order chi connectivity index (χ1) is 15.0. The lowest BCUT2D eigenvalue weighted by molar-refractivity contribution is 0.514. The molecular formula is C26H35NO3Si. The summed E-state index contributed by atoms with van der Waals surface area (Å²) in [7, 11) is -1.84. The second-order valence-corrected chi connectivity index (χ2v) is 12.6. The van der Waals surface area contributed by atoms with E-state index in [-0.39, 0.29) is 5.63 Å². The van der Waals surface area contributed by atoms with Crippen molar-refractivity contribution in [3.8, 4) is 5.75 Å². The van der Waals surface area contributed by atoms with Crippen molar-refractivity contribution in [3.05, 3.63) is 69.8 Å². The van der Waals surface area contributed by atoms with Crippen molar-refractivity contribution in [1.82, 2.24) is 4.98 Å². The molecule has 166 valence electrons. The van der Waals surface area contributed by atoms with Crippen molar-refractivity contribution in [3.63, 3.8) is 0 Å². The Morgan fingerprint density at radius 2 is 1.65 bits per heavy atom. The van der Waals surface area contributed by atoms with Crippen LogP contribution in [0.4, 0.5) is 0 Å². The number of aryl methyl sites for hydroxylation is 3. The molecule has 0 spiro atoms. The van der Waals surface area contributed by atoms with E-state index in [1.54, 1.807) is 6.07 Å². The van der Waals surface area contributed by atoms with Crippen molar-refractivity contribution in [1.29, 1.82) is 0 Å². The molecule has 2 heterocycles. The third-order valence-corrected chi connectivity index (χ3v) is 10.8. The fourth-order valence-corrected chi connectivity index (χ4v) is 9.04. The van der Waals surface area contributed by atoms with Crippen molar-refractivity contribution in [2.24, 2.45) is 0 Å². The molecule has 0 aliphatic carbocycles. The summed E-state index contributed by atoms with van der Waals surface area (Å²) in [6.45, 7) is 8.72. The van der Waals surface area contributed by atoms with Gasteiger partial charge in [0.15, 0.2) is 0 Å². The van der Waals surface area contributed by atoms with E-state index in [1.807, 2.05) is 31.2 Å². The lowest BCUT2D eigenvalue weighted by Gasteiger charge is -2.31. The molecule has 0 N–H and O–H groups in total. The van der Waals surface area contributed by atoms with Crippen LogP contribution in [0.15, 0.2) is 51.7 Å². The zero-order chi connectivity index (χ0) is 22.3. The summed E-state index contributed by atoms with van der Waals surface area (Å²) < 4.78 is 12.3. The normalized spacial score (nSPS) is 11.7. The van der Waals surface area contributed by atoms with Crippen LogP contribution in [0, 0.1) is 6.92 Å². The van der Waals surface area contributed by atoms with Crippen LogP contribution in [0.25, 0.3) is 11.0 Å². The molecule has 0 aliphatic heterocycles. The Morgan fingerprint density at radius 3 is 2.29 bits per heavy atom. The topological polar surface area (TPSA) is 52.3 Å². The largest absolute Gasteiger partial charge is 0.543 e. The van der Waals surface area contributed by atoms with Crippen LogP contribution in [-0.4, -0.2) is 13.3 Å². The molecule has 5 heteroatoms. The summed E-state index contributed by atoms with van der Waals surface area (Å²) in [6, 6.07) is 17.2. The highest BCUT2D eigenvalue weighted by atomic mass is 28.4. The molecule has 3 aromatic rings. The number of hydrogen-bond donors (Lipinski definition) is 0. The molecule has 0 bridgehead atoms. The van der Waals surface area contributed by atoms with E-state index >= 15 is 0 Å². The van der Waals surface area contributed by atoms with Gasteiger partial charge >= 0.3 is 5.63 Å². The van der Waals surface area contributed by atoms with E-state index in [0.717, 1.165) is 60.2 Å². The second-order valence-electron chi connectivity index (χ2n) is 8.55. The van der Waals surface area contributed by atoms with E-state index in [1.165, 1.54) is 18.1 Å². The van der Waals surface area contributed by atoms with Crippen molar-refractivity contribution in [2.75, 3.05) is 0 Å². The first-order valence-corrected chi connectivity index (χ1v) is 14.2. The lowest BCUT2D eigenvalue weighted by atomic mass is 10.0. The summed E-state index contributed by atoms with van der Waals surface area (Å²) in [5.41, 5.74) is 3.35. The Balaban J connectivity index is 1.89. The maximum Gasteiger partial charge on any atom is 0.336 e. The van der Waals surface area contributed by atoms with Crippen LogP contribution in [-0.2, 0) is 12.8 Å². The zero-order valence-electron chi connectivity index (χ0n) is 19.4. The number of fused-ring (bicyclic) bond motifs is 1. The number of hydrogen-bond acceptors (Lipinski definition) is 4. The SMILES string of the molecule is CCC[Si](CCC)(CCC)Oc1ccc2c(CCc3cccc(C)n3)cc(=O)oc2c1. The predicted molar refractivity (Wildman–Crippen MR) is 131 cm³/mol. The average molecular weight is 438 g/mol. The van der Waals surface area contributed by atoms with Gasteiger partial charge in [0.05, 0.1) is 0 Å². The highest BCUT2D eigenvalue weighted by Gasteiger charge is 2.34. The maximum absolute atomic E-state index is 12.3. The van der Waals surface area contributed by atoms with Crippen LogP contribution < -0.4 is 10.1 Å². The van der Waals surface area contributed by atoms with E-state index in [4.69, 9.17) is 8.84 Å². The molecule has 4 nitrogen and oxygen atoms in total. The molecule has 0 saturated carbocycles. The van der Waals surface area contributed by atoms with Crippen molar-refractivity contribution >= 4 is 19.3 Å². The highest BCUT2D eigenvalue weighted by molar-refractivity contribution is 6.74. The van der Waals surface area contributed by atoms with E-state index < -0.39 is 8.32 Å². The summed E-state index contributed by atoms with van der Waals surface area (Å²) in [4.78, 5) is 16.8. The van der Waals surface area contributed by atoms with Gasteiger partial charge in [-0.2, -0.15) is 0 Å². The molecule has 1 aromatic carbocycles. The van der Waals surface area contributed by atoms with Crippen molar-refractivity contribution < 1.29 is 8.84 Å². The molecule has 3 rings (SSSR count). The molecular weight excluding hydrogens is 402 g/mol. The molecule has 31 heavy (non-hydrogen) atoms. The number of rotatable bonds is 11. The van der Waals surface area contributed by atoms with E-state index in [9.17, 15) is 4.79 Å². The third kappa shape index (κ3) is 6.07. The number of benzene rings is 1. The average Bonchev–Trinajstić information content (AvgIpc) is 2.72. The maximum atomic E-state index is 12.3. The van der Waals surface area contributed by atoms with Crippen LogP contribution in [0.3, 0.4) is 0 Å². The molecule has 0 saturated heterocycles. The van der Waals surface area contributed by atoms with Gasteiger partial charge in [0, 0.05) is 28.9 Å². The second kappa shape index (κ2) is 10.8. The number of pyridine rings is 1. The Bertz CT molecular complexity index is 1040. The quantitative estimate of drug-likeness (QED) is 0.243. The zero-order valence-corrected chi connectivity index (χ0v) is 20.4. The third-order valence-electron chi connectivity index (χ3n) is 5.85. The Labute approximate surface area is 186 Å². The molecule has 0 aliphatic rings. The smallest absolute Gasteiger partial charge is 0.336 e. The van der Waals surface area contributed by atoms with Gasteiger partial charge in [0.2, 0.25) is 0 Å². The summed E-state index contributed by atoms with van der Waals surface area (Å²) in [6.07, 6.45) is 4.97. The minimum absolute atomic E-state index is 0.309. The summed E-state index contributed by atoms with van der Waals surface area (Å²) >= 11 is 0. The Kier molecular flexibility index (Phi) is 8.07. The van der Waals surface area contributed by atoms with Gasteiger partial charge in [0.25, 0.3) is 8.32 Å². The fraction of sp³-hybridized carbons (Fsp3) is 0.462. The van der Waals surface area contributed by atoms with Gasteiger partial charge in [0.1, 0.15) is 11.3 Å². The van der Waals surface area contributed by atoms with Gasteiger partial charge in [-0.3, -0.25) is 4.98 Å². The Hall–Kier alpha value is -2.40. The first-order valence-electron chi connectivity index (χ1n) is 11.7. The van der Waals surface area contributed by atoms with Crippen LogP contribution in [0.1, 0.15) is 57.0 Å². The van der Waals surface area contributed by atoms with E-state index in [2.05, 4.69) is 37.9 Å². The molecule has 0 radical (unpaired) electrons. The van der Waals surface area contributed by atoms with Gasteiger partial charge < -0.3 is 8.84 Å². The predicted octanol–water partition coefficient (Wildman–Crippen LogP) is 6.84. The molecule has 0 fully saturated rings. The highest BCUT2D eigenvalue weighted by Crippen LogP contribution is 2.32. The number of nitrogens with zero attached hydrogens (tertiary/aromatic N) is 1. The number of aromatic nitrogens is 1.